The molecule has 0 unspecified atom stereocenters. The Kier molecular flexibility index (Phi) is 5.82. The molecule has 0 aliphatic carbocycles. The number of nitro groups is 1. The van der Waals surface area contributed by atoms with Crippen LogP contribution >= 0.6 is 0 Å². The van der Waals surface area contributed by atoms with E-state index in [9.17, 15) is 23.7 Å². The highest BCUT2D eigenvalue weighted by Gasteiger charge is 2.16. The number of hydrogen-bond acceptors (Lipinski definition) is 5. The Labute approximate surface area is 163 Å². The summed E-state index contributed by atoms with van der Waals surface area (Å²) in [5.41, 5.74) is 2.19. The van der Waals surface area contributed by atoms with Crippen molar-refractivity contribution >= 4 is 17.3 Å². The maximum atomic E-state index is 12.5. The van der Waals surface area contributed by atoms with Gasteiger partial charge in [-0.2, -0.15) is 5.10 Å². The van der Waals surface area contributed by atoms with E-state index in [1.165, 1.54) is 12.1 Å². The summed E-state index contributed by atoms with van der Waals surface area (Å²) in [4.78, 5) is 22.8. The lowest BCUT2D eigenvalue weighted by Crippen LogP contribution is -2.13. The van der Waals surface area contributed by atoms with Crippen molar-refractivity contribution in [1.82, 2.24) is 10.2 Å². The van der Waals surface area contributed by atoms with E-state index in [0.29, 0.717) is 5.69 Å². The summed E-state index contributed by atoms with van der Waals surface area (Å²) in [6, 6.07) is 12.4. The molecule has 0 spiro atoms. The number of halogens is 2. The molecular weight excluding hydrogens is 386 g/mol. The zero-order valence-corrected chi connectivity index (χ0v) is 15.2. The number of anilines is 1. The number of ether oxygens (including phenoxy) is 1. The third kappa shape index (κ3) is 5.12. The smallest absolute Gasteiger partial charge is 0.275 e. The van der Waals surface area contributed by atoms with E-state index in [1.54, 1.807) is 0 Å². The number of H-pyrrole nitrogens is 1. The Morgan fingerprint density at radius 1 is 1.24 bits per heavy atom. The van der Waals surface area contributed by atoms with Gasteiger partial charge in [-0.05, 0) is 13.0 Å². The molecule has 0 aliphatic heterocycles. The molecule has 10 heteroatoms. The Morgan fingerprint density at radius 2 is 1.97 bits per heavy atom. The van der Waals surface area contributed by atoms with Crippen molar-refractivity contribution < 1.29 is 23.2 Å². The largest absolute Gasteiger partial charge is 0.487 e. The lowest BCUT2D eigenvalue weighted by molar-refractivity contribution is -0.384. The first-order valence-corrected chi connectivity index (χ1v) is 8.46. The second-order valence-electron chi connectivity index (χ2n) is 6.16. The summed E-state index contributed by atoms with van der Waals surface area (Å²) in [7, 11) is 0. The third-order valence-electron chi connectivity index (χ3n) is 3.91. The number of aryl methyl sites for hydroxylation is 1. The summed E-state index contributed by atoms with van der Waals surface area (Å²) in [6.45, 7) is 1.03. The van der Waals surface area contributed by atoms with Crippen LogP contribution in [0.2, 0.25) is 0 Å². The van der Waals surface area contributed by atoms with Crippen LogP contribution in [0.15, 0.2) is 48.5 Å². The number of amides is 1. The van der Waals surface area contributed by atoms with Crippen LogP contribution in [0.25, 0.3) is 11.3 Å². The average Bonchev–Trinajstić information content (AvgIpc) is 3.17. The van der Waals surface area contributed by atoms with E-state index in [1.807, 2.05) is 31.2 Å². The van der Waals surface area contributed by atoms with Crippen molar-refractivity contribution in [3.05, 3.63) is 69.9 Å². The Morgan fingerprint density at radius 3 is 2.62 bits per heavy atom. The third-order valence-corrected chi connectivity index (χ3v) is 3.91. The van der Waals surface area contributed by atoms with Crippen molar-refractivity contribution in [2.75, 3.05) is 11.9 Å². The minimum Gasteiger partial charge on any atom is -0.487 e. The van der Waals surface area contributed by atoms with Gasteiger partial charge in [0.2, 0.25) is 0 Å². The molecule has 1 amide bonds. The minimum atomic E-state index is -2.74. The van der Waals surface area contributed by atoms with Crippen LogP contribution in [0, 0.1) is 17.0 Å². The fraction of sp³-hybridized carbons (Fsp3) is 0.158. The number of hydrogen-bond donors (Lipinski definition) is 2. The molecule has 150 valence electrons. The summed E-state index contributed by atoms with van der Waals surface area (Å²) >= 11 is 0. The van der Waals surface area contributed by atoms with Gasteiger partial charge in [0.25, 0.3) is 18.0 Å². The molecule has 3 aromatic rings. The SMILES string of the molecule is Cc1ccc(-c2cc(C(=O)Nc3cc(OCC(F)F)cc([N+](=O)[O-])c3)[nH]n2)cc1. The molecule has 0 saturated carbocycles. The number of nitro benzene ring substituents is 1. The number of alkyl halides is 2. The van der Waals surface area contributed by atoms with Gasteiger partial charge in [0.05, 0.1) is 22.4 Å². The van der Waals surface area contributed by atoms with Gasteiger partial charge in [-0.3, -0.25) is 20.0 Å². The molecule has 3 rings (SSSR count). The number of nitrogens with zero attached hydrogens (tertiary/aromatic N) is 2. The van der Waals surface area contributed by atoms with E-state index in [4.69, 9.17) is 4.74 Å². The lowest BCUT2D eigenvalue weighted by atomic mass is 10.1. The van der Waals surface area contributed by atoms with E-state index in [0.717, 1.165) is 23.3 Å². The molecule has 0 atom stereocenters. The number of benzene rings is 2. The maximum absolute atomic E-state index is 12.5. The van der Waals surface area contributed by atoms with Crippen molar-refractivity contribution in [3.8, 4) is 17.0 Å². The van der Waals surface area contributed by atoms with Crippen LogP contribution in [0.5, 0.6) is 5.75 Å². The predicted octanol–water partition coefficient (Wildman–Crippen LogP) is 4.19. The van der Waals surface area contributed by atoms with E-state index in [-0.39, 0.29) is 17.1 Å². The fourth-order valence-corrected chi connectivity index (χ4v) is 2.51. The number of carbonyl (C=O) groups excluding carboxylic acids is 1. The number of rotatable bonds is 7. The van der Waals surface area contributed by atoms with Crippen molar-refractivity contribution in [2.45, 2.75) is 13.3 Å². The van der Waals surface area contributed by atoms with Crippen molar-refractivity contribution in [1.29, 1.82) is 0 Å². The molecule has 29 heavy (non-hydrogen) atoms. The van der Waals surface area contributed by atoms with Gasteiger partial charge in [-0.1, -0.05) is 29.8 Å². The number of nitrogens with one attached hydrogen (secondary N) is 2. The first kappa shape index (κ1) is 19.9. The molecule has 2 aromatic carbocycles. The maximum Gasteiger partial charge on any atom is 0.275 e. The topological polar surface area (TPSA) is 110 Å². The highest BCUT2D eigenvalue weighted by atomic mass is 19.3. The molecular formula is C19H16F2N4O4. The summed E-state index contributed by atoms with van der Waals surface area (Å²) < 4.78 is 29.5. The van der Waals surface area contributed by atoms with Crippen LogP contribution in [-0.2, 0) is 0 Å². The molecule has 0 fully saturated rings. The first-order valence-electron chi connectivity index (χ1n) is 8.46. The zero-order chi connectivity index (χ0) is 21.0. The molecule has 0 aliphatic rings. The van der Waals surface area contributed by atoms with Crippen molar-refractivity contribution in [3.63, 3.8) is 0 Å². The van der Waals surface area contributed by atoms with Gasteiger partial charge in [0.15, 0.2) is 0 Å². The minimum absolute atomic E-state index is 0.0277. The summed E-state index contributed by atoms with van der Waals surface area (Å²) in [5, 5.41) is 20.2. The zero-order valence-electron chi connectivity index (χ0n) is 15.2. The van der Waals surface area contributed by atoms with Crippen LogP contribution < -0.4 is 10.1 Å². The standard InChI is InChI=1S/C19H16F2N4O4/c1-11-2-4-12(5-3-11)16-9-17(24-23-16)19(26)22-13-6-14(25(27)28)8-15(7-13)29-10-18(20)21/h2-9,18H,10H2,1H3,(H,22,26)(H,23,24). The van der Waals surface area contributed by atoms with E-state index < -0.39 is 29.6 Å². The normalized spacial score (nSPS) is 10.8. The van der Waals surface area contributed by atoms with Crippen molar-refractivity contribution in [2.24, 2.45) is 0 Å². The molecule has 0 saturated heterocycles. The Hall–Kier alpha value is -3.82. The Balaban J connectivity index is 1.79. The molecule has 2 N–H and O–H groups in total. The summed E-state index contributed by atoms with van der Waals surface area (Å²) in [5.74, 6) is -0.754. The highest BCUT2D eigenvalue weighted by molar-refractivity contribution is 6.03. The summed E-state index contributed by atoms with van der Waals surface area (Å²) in [6.07, 6.45) is -2.74. The van der Waals surface area contributed by atoms with E-state index >= 15 is 0 Å². The number of aromatic nitrogens is 2. The van der Waals surface area contributed by atoms with Gasteiger partial charge in [-0.25, -0.2) is 8.78 Å². The van der Waals surface area contributed by atoms with Crippen LogP contribution in [-0.4, -0.2) is 34.1 Å². The van der Waals surface area contributed by atoms with Crippen LogP contribution in [0.1, 0.15) is 16.1 Å². The van der Waals surface area contributed by atoms with Gasteiger partial charge in [0.1, 0.15) is 18.1 Å². The van der Waals surface area contributed by atoms with Gasteiger partial charge >= 0.3 is 0 Å². The molecule has 0 radical (unpaired) electrons. The van der Waals surface area contributed by atoms with E-state index in [2.05, 4.69) is 15.5 Å². The molecule has 1 aromatic heterocycles. The Bertz CT molecular complexity index is 1030. The quantitative estimate of drug-likeness (QED) is 0.455. The van der Waals surface area contributed by atoms with Crippen LogP contribution in [0.3, 0.4) is 0 Å². The number of non-ortho nitro benzene ring substituents is 1. The molecule has 8 nitrogen and oxygen atoms in total. The average molecular weight is 402 g/mol. The molecule has 1 heterocycles. The highest BCUT2D eigenvalue weighted by Crippen LogP contribution is 2.27. The van der Waals surface area contributed by atoms with Gasteiger partial charge in [0, 0.05) is 17.7 Å². The number of aromatic amines is 1. The lowest BCUT2D eigenvalue weighted by Gasteiger charge is -2.09. The second-order valence-corrected chi connectivity index (χ2v) is 6.16. The van der Waals surface area contributed by atoms with Crippen LogP contribution in [0.4, 0.5) is 20.2 Å². The predicted molar refractivity (Wildman–Crippen MR) is 101 cm³/mol. The molecule has 0 bridgehead atoms. The monoisotopic (exact) mass is 402 g/mol. The fourth-order valence-electron chi connectivity index (χ4n) is 2.51. The first-order chi connectivity index (χ1) is 13.8. The number of carbonyl (C=O) groups is 1. The van der Waals surface area contributed by atoms with Gasteiger partial charge < -0.3 is 10.1 Å². The second kappa shape index (κ2) is 8.46. The van der Waals surface area contributed by atoms with Gasteiger partial charge in [-0.15, -0.1) is 0 Å².